The van der Waals surface area contributed by atoms with Crippen LogP contribution in [0.15, 0.2) is 23.2 Å². The normalized spacial score (nSPS) is 17.3. The number of nitrogens with zero attached hydrogens (tertiary/aromatic N) is 2. The Bertz CT molecular complexity index is 598. The van der Waals surface area contributed by atoms with E-state index in [9.17, 15) is 0 Å². The van der Waals surface area contributed by atoms with E-state index in [1.807, 2.05) is 14.0 Å². The standard InChI is InChI=1S/C21H36N4O2.HI/c1-5-25-11-7-8-19(25)16-24-21(22-4)23-15-18-10-9-17(3)14-20(18)27-13-12-26-6-2;/h9-10,14,19H,5-8,11-13,15-16H2,1-4H3,(H2,22,23,24);1H. The highest BCUT2D eigenvalue weighted by Crippen LogP contribution is 2.20. The summed E-state index contributed by atoms with van der Waals surface area (Å²) in [6, 6.07) is 6.91. The molecule has 0 aromatic heterocycles. The molecule has 2 rings (SSSR count). The van der Waals surface area contributed by atoms with Gasteiger partial charge in [0.1, 0.15) is 12.4 Å². The molecule has 1 heterocycles. The van der Waals surface area contributed by atoms with E-state index in [1.165, 1.54) is 24.9 Å². The molecule has 6 nitrogen and oxygen atoms in total. The van der Waals surface area contributed by atoms with E-state index >= 15 is 0 Å². The van der Waals surface area contributed by atoms with E-state index in [2.05, 4.69) is 52.6 Å². The van der Waals surface area contributed by atoms with Gasteiger partial charge in [-0.3, -0.25) is 9.89 Å². The number of likely N-dealkylation sites (N-methyl/N-ethyl adjacent to an activating group) is 1. The van der Waals surface area contributed by atoms with E-state index in [0.29, 0.717) is 32.4 Å². The van der Waals surface area contributed by atoms with Crippen LogP contribution in [0, 0.1) is 6.92 Å². The monoisotopic (exact) mass is 504 g/mol. The van der Waals surface area contributed by atoms with Crippen LogP contribution in [0.5, 0.6) is 5.75 Å². The summed E-state index contributed by atoms with van der Waals surface area (Å²) in [4.78, 5) is 6.90. The first-order valence-corrected chi connectivity index (χ1v) is 10.2. The van der Waals surface area contributed by atoms with Crippen molar-refractivity contribution in [3.8, 4) is 5.75 Å². The summed E-state index contributed by atoms with van der Waals surface area (Å²) in [5, 5.41) is 6.89. The Labute approximate surface area is 187 Å². The Morgan fingerprint density at radius 2 is 2.07 bits per heavy atom. The van der Waals surface area contributed by atoms with Crippen molar-refractivity contribution in [3.63, 3.8) is 0 Å². The fraction of sp³-hybridized carbons (Fsp3) is 0.667. The molecule has 1 unspecified atom stereocenters. The van der Waals surface area contributed by atoms with Gasteiger partial charge in [0.15, 0.2) is 5.96 Å². The second-order valence-corrected chi connectivity index (χ2v) is 6.89. The van der Waals surface area contributed by atoms with Crippen LogP contribution in [0.25, 0.3) is 0 Å². The number of rotatable bonds is 10. The van der Waals surface area contributed by atoms with Crippen LogP contribution >= 0.6 is 24.0 Å². The van der Waals surface area contributed by atoms with Gasteiger partial charge in [0, 0.05) is 38.3 Å². The highest BCUT2D eigenvalue weighted by atomic mass is 127. The number of ether oxygens (including phenoxy) is 2. The third-order valence-electron chi connectivity index (χ3n) is 4.99. The van der Waals surface area contributed by atoms with Crippen molar-refractivity contribution in [2.24, 2.45) is 4.99 Å². The van der Waals surface area contributed by atoms with Crippen molar-refractivity contribution < 1.29 is 9.47 Å². The molecule has 2 N–H and O–H groups in total. The summed E-state index contributed by atoms with van der Waals surface area (Å²) >= 11 is 0. The van der Waals surface area contributed by atoms with Crippen molar-refractivity contribution in [2.75, 3.05) is 46.5 Å². The summed E-state index contributed by atoms with van der Waals surface area (Å²) in [7, 11) is 1.82. The van der Waals surface area contributed by atoms with Gasteiger partial charge >= 0.3 is 0 Å². The Morgan fingerprint density at radius 1 is 1.25 bits per heavy atom. The molecule has 1 saturated heterocycles. The summed E-state index contributed by atoms with van der Waals surface area (Å²) < 4.78 is 11.3. The van der Waals surface area contributed by atoms with Crippen molar-refractivity contribution in [2.45, 2.75) is 46.2 Å². The van der Waals surface area contributed by atoms with E-state index in [0.717, 1.165) is 30.4 Å². The molecule has 0 spiro atoms. The zero-order chi connectivity index (χ0) is 19.5. The molecule has 1 aromatic rings. The first kappa shape index (κ1) is 25.0. The van der Waals surface area contributed by atoms with Crippen molar-refractivity contribution in [1.29, 1.82) is 0 Å². The molecular formula is C21H37IN4O2. The molecular weight excluding hydrogens is 467 g/mol. The van der Waals surface area contributed by atoms with Crippen LogP contribution in [0.1, 0.15) is 37.8 Å². The third kappa shape index (κ3) is 8.13. The van der Waals surface area contributed by atoms with Gasteiger partial charge in [-0.1, -0.05) is 19.1 Å². The lowest BCUT2D eigenvalue weighted by atomic mass is 10.1. The zero-order valence-electron chi connectivity index (χ0n) is 17.8. The predicted octanol–water partition coefficient (Wildman–Crippen LogP) is 3.18. The molecule has 7 heteroatoms. The minimum Gasteiger partial charge on any atom is -0.491 e. The highest BCUT2D eigenvalue weighted by molar-refractivity contribution is 14.0. The average molecular weight is 504 g/mol. The fourth-order valence-electron chi connectivity index (χ4n) is 3.45. The van der Waals surface area contributed by atoms with E-state index in [4.69, 9.17) is 9.47 Å². The number of aryl methyl sites for hydroxylation is 1. The third-order valence-corrected chi connectivity index (χ3v) is 4.99. The number of halogens is 1. The number of hydrogen-bond acceptors (Lipinski definition) is 4. The lowest BCUT2D eigenvalue weighted by molar-refractivity contribution is 0.110. The molecule has 1 fully saturated rings. The Balaban J connectivity index is 0.00000392. The van der Waals surface area contributed by atoms with Crippen LogP contribution in [0.3, 0.4) is 0 Å². The predicted molar refractivity (Wildman–Crippen MR) is 127 cm³/mol. The van der Waals surface area contributed by atoms with Gasteiger partial charge in [0.25, 0.3) is 0 Å². The Kier molecular flexibility index (Phi) is 12.5. The second kappa shape index (κ2) is 14.0. The number of benzene rings is 1. The maximum atomic E-state index is 5.92. The fourth-order valence-corrected chi connectivity index (χ4v) is 3.45. The molecule has 0 aliphatic carbocycles. The van der Waals surface area contributed by atoms with Crippen molar-refractivity contribution in [1.82, 2.24) is 15.5 Å². The highest BCUT2D eigenvalue weighted by Gasteiger charge is 2.22. The second-order valence-electron chi connectivity index (χ2n) is 6.89. The van der Waals surface area contributed by atoms with Crippen LogP contribution in [0.4, 0.5) is 0 Å². The average Bonchev–Trinajstić information content (AvgIpc) is 3.14. The summed E-state index contributed by atoms with van der Waals surface area (Å²) in [6.45, 7) is 12.1. The Hall–Kier alpha value is -1.06. The van der Waals surface area contributed by atoms with Gasteiger partial charge in [0.2, 0.25) is 0 Å². The number of likely N-dealkylation sites (tertiary alicyclic amines) is 1. The van der Waals surface area contributed by atoms with Crippen LogP contribution in [0.2, 0.25) is 0 Å². The quantitative estimate of drug-likeness (QED) is 0.222. The minimum absolute atomic E-state index is 0. The summed E-state index contributed by atoms with van der Waals surface area (Å²) in [6.07, 6.45) is 2.55. The van der Waals surface area contributed by atoms with E-state index in [-0.39, 0.29) is 24.0 Å². The Morgan fingerprint density at radius 3 is 2.79 bits per heavy atom. The van der Waals surface area contributed by atoms with E-state index < -0.39 is 0 Å². The van der Waals surface area contributed by atoms with Gasteiger partial charge in [-0.15, -0.1) is 24.0 Å². The summed E-state index contributed by atoms with van der Waals surface area (Å²) in [5.41, 5.74) is 2.31. The molecule has 0 radical (unpaired) electrons. The lowest BCUT2D eigenvalue weighted by Crippen LogP contribution is -2.44. The van der Waals surface area contributed by atoms with E-state index in [1.54, 1.807) is 0 Å². The van der Waals surface area contributed by atoms with Gasteiger partial charge in [-0.25, -0.2) is 0 Å². The summed E-state index contributed by atoms with van der Waals surface area (Å²) in [5.74, 6) is 1.74. The van der Waals surface area contributed by atoms with Crippen molar-refractivity contribution in [3.05, 3.63) is 29.3 Å². The molecule has 1 aliphatic heterocycles. The topological polar surface area (TPSA) is 58.1 Å². The van der Waals surface area contributed by atoms with Gasteiger partial charge < -0.3 is 20.1 Å². The first-order chi connectivity index (χ1) is 13.2. The van der Waals surface area contributed by atoms with Crippen LogP contribution < -0.4 is 15.4 Å². The maximum Gasteiger partial charge on any atom is 0.191 e. The lowest BCUT2D eigenvalue weighted by Gasteiger charge is -2.24. The number of nitrogens with one attached hydrogen (secondary N) is 2. The first-order valence-electron chi connectivity index (χ1n) is 10.2. The van der Waals surface area contributed by atoms with Gasteiger partial charge in [0.05, 0.1) is 6.61 Å². The van der Waals surface area contributed by atoms with Gasteiger partial charge in [-0.2, -0.15) is 0 Å². The number of hydrogen-bond donors (Lipinski definition) is 2. The van der Waals surface area contributed by atoms with Gasteiger partial charge in [-0.05, 0) is 51.4 Å². The van der Waals surface area contributed by atoms with Crippen LogP contribution in [-0.4, -0.2) is 63.4 Å². The smallest absolute Gasteiger partial charge is 0.191 e. The number of aliphatic imine (C=N–C) groups is 1. The molecule has 0 saturated carbocycles. The minimum atomic E-state index is 0. The SMILES string of the molecule is CCOCCOc1cc(C)ccc1CNC(=NC)NCC1CCCN1CC.I. The molecule has 1 aliphatic rings. The van der Waals surface area contributed by atoms with Crippen LogP contribution in [-0.2, 0) is 11.3 Å². The molecule has 1 aromatic carbocycles. The van der Waals surface area contributed by atoms with Crippen molar-refractivity contribution >= 4 is 29.9 Å². The number of guanidine groups is 1. The molecule has 0 amide bonds. The zero-order valence-corrected chi connectivity index (χ0v) is 20.1. The molecule has 1 atom stereocenters. The molecule has 160 valence electrons. The molecule has 28 heavy (non-hydrogen) atoms. The maximum absolute atomic E-state index is 5.92. The molecule has 0 bridgehead atoms. The largest absolute Gasteiger partial charge is 0.491 e.